The fourth-order valence-corrected chi connectivity index (χ4v) is 4.40. The highest BCUT2D eigenvalue weighted by atomic mass is 16.4. The number of hydrogen-bond donors (Lipinski definition) is 2. The predicted molar refractivity (Wildman–Crippen MR) is 73.1 cm³/mol. The number of carbonyl (C=O) groups is 2. The largest absolute Gasteiger partial charge is 0.481 e. The van der Waals surface area contributed by atoms with E-state index in [2.05, 4.69) is 12.2 Å². The first-order valence-electron chi connectivity index (χ1n) is 7.72. The number of carboxylic acid groups (broad SMARTS) is 2. The monoisotopic (exact) mass is 278 g/mol. The molecule has 0 aromatic heterocycles. The van der Waals surface area contributed by atoms with Crippen LogP contribution in [0.4, 0.5) is 0 Å². The number of allylic oxidation sites excluding steroid dienone is 2. The van der Waals surface area contributed by atoms with Crippen LogP contribution in [-0.2, 0) is 9.59 Å². The van der Waals surface area contributed by atoms with Crippen LogP contribution in [0.5, 0.6) is 0 Å². The van der Waals surface area contributed by atoms with Crippen molar-refractivity contribution in [3.8, 4) is 0 Å². The SMILES string of the molecule is O=C(O)[C@@H]1[C@@H]2CC/C=C/CC[C@@H]3[C@H](CC[C@H]21)[C@@H]3C(=O)O. The van der Waals surface area contributed by atoms with Crippen molar-refractivity contribution < 1.29 is 19.8 Å². The Hall–Kier alpha value is -1.32. The molecule has 3 aliphatic carbocycles. The lowest BCUT2D eigenvalue weighted by molar-refractivity contribution is -0.140. The van der Waals surface area contributed by atoms with Crippen LogP contribution in [0.3, 0.4) is 0 Å². The molecule has 110 valence electrons. The van der Waals surface area contributed by atoms with Gasteiger partial charge >= 0.3 is 11.9 Å². The molecule has 20 heavy (non-hydrogen) atoms. The Balaban J connectivity index is 1.65. The maximum Gasteiger partial charge on any atom is 0.307 e. The molecule has 3 rings (SSSR count). The lowest BCUT2D eigenvalue weighted by Crippen LogP contribution is -2.02. The number of carboxylic acids is 2. The maximum atomic E-state index is 11.2. The average Bonchev–Trinajstić information content (AvgIpc) is 3.22. The van der Waals surface area contributed by atoms with E-state index in [0.29, 0.717) is 11.8 Å². The van der Waals surface area contributed by atoms with E-state index in [1.165, 1.54) is 0 Å². The van der Waals surface area contributed by atoms with Crippen molar-refractivity contribution in [2.24, 2.45) is 35.5 Å². The molecule has 0 unspecified atom stereocenters. The predicted octanol–water partition coefficient (Wildman–Crippen LogP) is 2.79. The molecule has 0 radical (unpaired) electrons. The van der Waals surface area contributed by atoms with E-state index in [1.807, 2.05) is 0 Å². The molecule has 2 N–H and O–H groups in total. The van der Waals surface area contributed by atoms with Gasteiger partial charge in [0.25, 0.3) is 0 Å². The molecule has 3 aliphatic rings. The van der Waals surface area contributed by atoms with E-state index in [4.69, 9.17) is 0 Å². The molecule has 0 saturated heterocycles. The first-order valence-corrected chi connectivity index (χ1v) is 7.72. The van der Waals surface area contributed by atoms with Crippen molar-refractivity contribution in [2.45, 2.75) is 38.5 Å². The van der Waals surface area contributed by atoms with Gasteiger partial charge in [0.15, 0.2) is 0 Å². The van der Waals surface area contributed by atoms with Gasteiger partial charge in [0.2, 0.25) is 0 Å². The Morgan fingerprint density at radius 3 is 1.40 bits per heavy atom. The second-order valence-electron chi connectivity index (χ2n) is 6.59. The summed E-state index contributed by atoms with van der Waals surface area (Å²) >= 11 is 0. The van der Waals surface area contributed by atoms with E-state index >= 15 is 0 Å². The van der Waals surface area contributed by atoms with Crippen molar-refractivity contribution >= 4 is 11.9 Å². The summed E-state index contributed by atoms with van der Waals surface area (Å²) in [5.74, 6) is -0.475. The summed E-state index contributed by atoms with van der Waals surface area (Å²) in [6.45, 7) is 0. The van der Waals surface area contributed by atoms with Gasteiger partial charge in [-0.25, -0.2) is 0 Å². The minimum atomic E-state index is -0.666. The van der Waals surface area contributed by atoms with E-state index in [0.717, 1.165) is 38.5 Å². The maximum absolute atomic E-state index is 11.2. The second kappa shape index (κ2) is 5.23. The van der Waals surface area contributed by atoms with Gasteiger partial charge in [-0.05, 0) is 62.2 Å². The summed E-state index contributed by atoms with van der Waals surface area (Å²) in [6, 6.07) is 0. The zero-order chi connectivity index (χ0) is 14.3. The van der Waals surface area contributed by atoms with Crippen molar-refractivity contribution in [3.05, 3.63) is 12.2 Å². The Labute approximate surface area is 118 Å². The third-order valence-electron chi connectivity index (χ3n) is 5.57. The molecule has 0 amide bonds. The molecule has 4 nitrogen and oxygen atoms in total. The zero-order valence-corrected chi connectivity index (χ0v) is 11.6. The summed E-state index contributed by atoms with van der Waals surface area (Å²) < 4.78 is 0. The lowest BCUT2D eigenvalue weighted by atomic mass is 10.0. The van der Waals surface area contributed by atoms with Crippen LogP contribution in [0, 0.1) is 35.5 Å². The first kappa shape index (κ1) is 13.7. The van der Waals surface area contributed by atoms with E-state index in [-0.39, 0.29) is 23.7 Å². The average molecular weight is 278 g/mol. The Kier molecular flexibility index (Phi) is 3.57. The highest BCUT2D eigenvalue weighted by Crippen LogP contribution is 2.57. The molecule has 2 saturated carbocycles. The number of hydrogen-bond acceptors (Lipinski definition) is 2. The summed E-state index contributed by atoms with van der Waals surface area (Å²) in [7, 11) is 0. The molecular formula is C16H22O4. The van der Waals surface area contributed by atoms with E-state index in [1.54, 1.807) is 0 Å². The quantitative estimate of drug-likeness (QED) is 0.762. The van der Waals surface area contributed by atoms with Crippen LogP contribution in [0.25, 0.3) is 0 Å². The standard InChI is InChI=1S/C16H22O4/c17-15(18)13-9-5-3-1-2-4-6-10-12(8-7-11(9)13)14(10)16(19)20/h1-2,9-14H,3-8H2,(H,17,18)(H,19,20)/b2-1+/t9-,10-,11-,12+,13-,14-/m1/s1. The van der Waals surface area contributed by atoms with Crippen LogP contribution in [0.2, 0.25) is 0 Å². The number of rotatable bonds is 2. The summed E-state index contributed by atoms with van der Waals surface area (Å²) in [4.78, 5) is 22.4. The van der Waals surface area contributed by atoms with Crippen LogP contribution in [0.1, 0.15) is 38.5 Å². The van der Waals surface area contributed by atoms with Gasteiger partial charge in [-0.15, -0.1) is 0 Å². The van der Waals surface area contributed by atoms with Gasteiger partial charge in [-0.3, -0.25) is 9.59 Å². The molecule has 0 spiro atoms. The third kappa shape index (κ3) is 2.48. The Morgan fingerprint density at radius 2 is 1.05 bits per heavy atom. The minimum Gasteiger partial charge on any atom is -0.481 e. The van der Waals surface area contributed by atoms with Gasteiger partial charge in [0.1, 0.15) is 0 Å². The normalized spacial score (nSPS) is 45.0. The summed E-state index contributed by atoms with van der Waals surface area (Å²) in [6.07, 6.45) is 9.94. The van der Waals surface area contributed by atoms with Crippen LogP contribution < -0.4 is 0 Å². The first-order chi connectivity index (χ1) is 9.61. The smallest absolute Gasteiger partial charge is 0.307 e. The van der Waals surface area contributed by atoms with Gasteiger partial charge < -0.3 is 10.2 Å². The molecule has 6 atom stereocenters. The van der Waals surface area contributed by atoms with Crippen LogP contribution >= 0.6 is 0 Å². The summed E-state index contributed by atoms with van der Waals surface area (Å²) in [5.41, 5.74) is 0. The number of fused-ring (bicyclic) bond motifs is 2. The molecule has 0 aromatic rings. The lowest BCUT2D eigenvalue weighted by Gasteiger charge is -2.01. The van der Waals surface area contributed by atoms with Crippen LogP contribution in [0.15, 0.2) is 12.2 Å². The highest BCUT2D eigenvalue weighted by molar-refractivity contribution is 5.75. The molecule has 4 heteroatoms. The van der Waals surface area contributed by atoms with E-state index in [9.17, 15) is 19.8 Å². The minimum absolute atomic E-state index is 0.176. The van der Waals surface area contributed by atoms with Crippen molar-refractivity contribution in [2.75, 3.05) is 0 Å². The molecule has 0 aromatic carbocycles. The van der Waals surface area contributed by atoms with Crippen LogP contribution in [-0.4, -0.2) is 22.2 Å². The van der Waals surface area contributed by atoms with Crippen molar-refractivity contribution in [1.29, 1.82) is 0 Å². The summed E-state index contributed by atoms with van der Waals surface area (Å²) in [5, 5.41) is 18.4. The number of aliphatic carboxylic acids is 2. The van der Waals surface area contributed by atoms with Gasteiger partial charge in [0, 0.05) is 0 Å². The molecule has 0 bridgehead atoms. The topological polar surface area (TPSA) is 74.6 Å². The third-order valence-corrected chi connectivity index (χ3v) is 5.57. The van der Waals surface area contributed by atoms with Gasteiger partial charge in [-0.2, -0.15) is 0 Å². The second-order valence-corrected chi connectivity index (χ2v) is 6.59. The fourth-order valence-electron chi connectivity index (χ4n) is 4.40. The van der Waals surface area contributed by atoms with Crippen molar-refractivity contribution in [3.63, 3.8) is 0 Å². The Morgan fingerprint density at radius 1 is 0.700 bits per heavy atom. The molecule has 0 aliphatic heterocycles. The van der Waals surface area contributed by atoms with Crippen molar-refractivity contribution in [1.82, 2.24) is 0 Å². The van der Waals surface area contributed by atoms with E-state index < -0.39 is 11.9 Å². The van der Waals surface area contributed by atoms with Gasteiger partial charge in [-0.1, -0.05) is 12.2 Å². The fraction of sp³-hybridized carbons (Fsp3) is 0.750. The Bertz CT molecular complexity index is 402. The molecular weight excluding hydrogens is 256 g/mol. The zero-order valence-electron chi connectivity index (χ0n) is 11.6. The molecule has 2 fully saturated rings. The van der Waals surface area contributed by atoms with Gasteiger partial charge in [0.05, 0.1) is 11.8 Å². The molecule has 0 heterocycles. The highest BCUT2D eigenvalue weighted by Gasteiger charge is 2.57.